The van der Waals surface area contributed by atoms with Gasteiger partial charge in [-0.25, -0.2) is 4.98 Å². The van der Waals surface area contributed by atoms with Crippen molar-refractivity contribution in [1.29, 1.82) is 0 Å². The van der Waals surface area contributed by atoms with Gasteiger partial charge in [0.05, 0.1) is 0 Å². The Kier molecular flexibility index (Phi) is 4.13. The zero-order chi connectivity index (χ0) is 11.5. The van der Waals surface area contributed by atoms with Crippen molar-refractivity contribution in [3.05, 3.63) is 36.9 Å². The number of aromatic nitrogens is 1. The van der Waals surface area contributed by atoms with Crippen LogP contribution in [0, 0.1) is 6.92 Å². The van der Waals surface area contributed by atoms with Gasteiger partial charge >= 0.3 is 0 Å². The van der Waals surface area contributed by atoms with Crippen molar-refractivity contribution in [2.24, 2.45) is 0 Å². The Morgan fingerprint density at radius 3 is 2.94 bits per heavy atom. The standard InChI is InChI=1S/C11H13BrN2S2/c1-7-5-14-10(16-7)6-13-8(2)11-9(12)3-4-15-11/h3-5,8,13H,6H2,1-2H3. The molecule has 0 aliphatic heterocycles. The number of rotatable bonds is 4. The predicted octanol–water partition coefficient (Wildman–Crippen LogP) is 4.13. The van der Waals surface area contributed by atoms with Gasteiger partial charge in [0, 0.05) is 33.0 Å². The van der Waals surface area contributed by atoms with E-state index in [4.69, 9.17) is 0 Å². The highest BCUT2D eigenvalue weighted by molar-refractivity contribution is 9.10. The monoisotopic (exact) mass is 316 g/mol. The molecule has 2 rings (SSSR count). The summed E-state index contributed by atoms with van der Waals surface area (Å²) in [5.74, 6) is 0. The van der Waals surface area contributed by atoms with Gasteiger partial charge in [-0.1, -0.05) is 0 Å². The summed E-state index contributed by atoms with van der Waals surface area (Å²) in [5, 5.41) is 6.74. The lowest BCUT2D eigenvalue weighted by molar-refractivity contribution is 0.580. The van der Waals surface area contributed by atoms with Gasteiger partial charge < -0.3 is 5.32 Å². The molecule has 2 nitrogen and oxygen atoms in total. The van der Waals surface area contributed by atoms with Crippen LogP contribution in [0.15, 0.2) is 22.1 Å². The zero-order valence-corrected chi connectivity index (χ0v) is 12.4. The van der Waals surface area contributed by atoms with Crippen LogP contribution in [0.4, 0.5) is 0 Å². The highest BCUT2D eigenvalue weighted by Crippen LogP contribution is 2.28. The first kappa shape index (κ1) is 12.2. The predicted molar refractivity (Wildman–Crippen MR) is 74.1 cm³/mol. The number of hydrogen-bond donors (Lipinski definition) is 1. The van der Waals surface area contributed by atoms with Crippen LogP contribution in [-0.2, 0) is 6.54 Å². The Bertz CT molecular complexity index is 464. The molecule has 0 aliphatic carbocycles. The first-order valence-corrected chi connectivity index (χ1v) is 7.53. The second-order valence-electron chi connectivity index (χ2n) is 3.60. The SMILES string of the molecule is Cc1cnc(CNC(C)c2sccc2Br)s1. The minimum Gasteiger partial charge on any atom is -0.303 e. The molecule has 1 N–H and O–H groups in total. The van der Waals surface area contributed by atoms with E-state index in [-0.39, 0.29) is 0 Å². The quantitative estimate of drug-likeness (QED) is 0.917. The third-order valence-electron chi connectivity index (χ3n) is 2.27. The number of halogens is 1. The minimum absolute atomic E-state index is 0.360. The van der Waals surface area contributed by atoms with Crippen molar-refractivity contribution in [2.45, 2.75) is 26.4 Å². The van der Waals surface area contributed by atoms with E-state index in [0.717, 1.165) is 11.6 Å². The van der Waals surface area contributed by atoms with Crippen molar-refractivity contribution in [3.8, 4) is 0 Å². The average molecular weight is 317 g/mol. The lowest BCUT2D eigenvalue weighted by Gasteiger charge is -2.11. The van der Waals surface area contributed by atoms with Crippen LogP contribution >= 0.6 is 38.6 Å². The van der Waals surface area contributed by atoms with Gasteiger partial charge in [0.2, 0.25) is 0 Å². The molecule has 1 unspecified atom stereocenters. The van der Waals surface area contributed by atoms with Gasteiger partial charge in [-0.15, -0.1) is 22.7 Å². The van der Waals surface area contributed by atoms with E-state index < -0.39 is 0 Å². The summed E-state index contributed by atoms with van der Waals surface area (Å²) in [5.41, 5.74) is 0. The summed E-state index contributed by atoms with van der Waals surface area (Å²) < 4.78 is 1.19. The highest BCUT2D eigenvalue weighted by Gasteiger charge is 2.10. The number of hydrogen-bond acceptors (Lipinski definition) is 4. The first-order chi connectivity index (χ1) is 7.66. The highest BCUT2D eigenvalue weighted by atomic mass is 79.9. The van der Waals surface area contributed by atoms with Crippen molar-refractivity contribution in [3.63, 3.8) is 0 Å². The Morgan fingerprint density at radius 2 is 2.38 bits per heavy atom. The van der Waals surface area contributed by atoms with E-state index in [1.165, 1.54) is 14.2 Å². The van der Waals surface area contributed by atoms with Crippen LogP contribution < -0.4 is 5.32 Å². The van der Waals surface area contributed by atoms with Crippen LogP contribution in [0.25, 0.3) is 0 Å². The minimum atomic E-state index is 0.360. The first-order valence-electron chi connectivity index (χ1n) is 5.04. The molecule has 86 valence electrons. The topological polar surface area (TPSA) is 24.9 Å². The van der Waals surface area contributed by atoms with Gasteiger partial charge in [-0.2, -0.15) is 0 Å². The van der Waals surface area contributed by atoms with Crippen LogP contribution in [0.1, 0.15) is 27.7 Å². The summed E-state index contributed by atoms with van der Waals surface area (Å²) in [6, 6.07) is 2.45. The van der Waals surface area contributed by atoms with Crippen molar-refractivity contribution < 1.29 is 0 Å². The largest absolute Gasteiger partial charge is 0.303 e. The fraction of sp³-hybridized carbons (Fsp3) is 0.364. The molecule has 2 aromatic heterocycles. The average Bonchev–Trinajstić information content (AvgIpc) is 2.84. The molecule has 0 radical (unpaired) electrons. The summed E-state index contributed by atoms with van der Waals surface area (Å²) in [4.78, 5) is 6.95. The molecule has 0 aromatic carbocycles. The zero-order valence-electron chi connectivity index (χ0n) is 9.16. The molecule has 2 aromatic rings. The normalized spacial score (nSPS) is 12.9. The summed E-state index contributed by atoms with van der Waals surface area (Å²) in [6.07, 6.45) is 1.92. The molecule has 2 heterocycles. The lowest BCUT2D eigenvalue weighted by Crippen LogP contribution is -2.17. The second-order valence-corrected chi connectivity index (χ2v) is 6.72. The number of aryl methyl sites for hydroxylation is 1. The molecule has 1 atom stereocenters. The summed E-state index contributed by atoms with van der Waals surface area (Å²) in [7, 11) is 0. The molecule has 0 bridgehead atoms. The number of nitrogens with one attached hydrogen (secondary N) is 1. The Hall–Kier alpha value is -0.230. The van der Waals surface area contributed by atoms with Crippen LogP contribution in [0.2, 0.25) is 0 Å². The van der Waals surface area contributed by atoms with E-state index in [1.54, 1.807) is 22.7 Å². The molecular weight excluding hydrogens is 304 g/mol. The Balaban J connectivity index is 1.93. The van der Waals surface area contributed by atoms with Crippen LogP contribution in [-0.4, -0.2) is 4.98 Å². The smallest absolute Gasteiger partial charge is 0.107 e. The third kappa shape index (κ3) is 2.91. The molecule has 0 amide bonds. The van der Waals surface area contributed by atoms with Gasteiger partial charge in [-0.05, 0) is 41.2 Å². The van der Waals surface area contributed by atoms with Crippen molar-refractivity contribution in [1.82, 2.24) is 10.3 Å². The molecule has 0 saturated carbocycles. The maximum absolute atomic E-state index is 4.34. The van der Waals surface area contributed by atoms with Gasteiger partial charge in [0.25, 0.3) is 0 Å². The summed E-state index contributed by atoms with van der Waals surface area (Å²) >= 11 is 7.08. The third-order valence-corrected chi connectivity index (χ3v) is 5.23. The van der Waals surface area contributed by atoms with E-state index >= 15 is 0 Å². The van der Waals surface area contributed by atoms with Crippen molar-refractivity contribution >= 4 is 38.6 Å². The van der Waals surface area contributed by atoms with Crippen LogP contribution in [0.5, 0.6) is 0 Å². The molecule has 0 spiro atoms. The second kappa shape index (κ2) is 5.40. The maximum Gasteiger partial charge on any atom is 0.107 e. The van der Waals surface area contributed by atoms with Crippen LogP contribution in [0.3, 0.4) is 0 Å². The van der Waals surface area contributed by atoms with Gasteiger partial charge in [0.15, 0.2) is 0 Å². The van der Waals surface area contributed by atoms with Gasteiger partial charge in [0.1, 0.15) is 5.01 Å². The molecular formula is C11H13BrN2S2. The van der Waals surface area contributed by atoms with E-state index in [9.17, 15) is 0 Å². The molecule has 0 fully saturated rings. The summed E-state index contributed by atoms with van der Waals surface area (Å²) in [6.45, 7) is 5.10. The van der Waals surface area contributed by atoms with Gasteiger partial charge in [-0.3, -0.25) is 0 Å². The van der Waals surface area contributed by atoms with E-state index in [0.29, 0.717) is 6.04 Å². The number of thiazole rings is 1. The fourth-order valence-corrected chi connectivity index (χ4v) is 3.92. The Labute approximate surface area is 112 Å². The Morgan fingerprint density at radius 1 is 1.56 bits per heavy atom. The lowest BCUT2D eigenvalue weighted by atomic mass is 10.3. The van der Waals surface area contributed by atoms with E-state index in [2.05, 4.69) is 51.5 Å². The maximum atomic E-state index is 4.34. The van der Waals surface area contributed by atoms with Crippen molar-refractivity contribution in [2.75, 3.05) is 0 Å². The molecule has 5 heteroatoms. The molecule has 0 aliphatic rings. The fourth-order valence-electron chi connectivity index (χ4n) is 1.43. The number of thiophene rings is 1. The van der Waals surface area contributed by atoms with E-state index in [1.807, 2.05) is 6.20 Å². The molecule has 0 saturated heterocycles. The molecule has 16 heavy (non-hydrogen) atoms. The number of nitrogens with zero attached hydrogens (tertiary/aromatic N) is 1.